The molecule has 3 N–H and O–H groups in total. The third kappa shape index (κ3) is 66.7. The maximum Gasteiger partial charge on any atom is 0.472 e. The first-order valence-electron chi connectivity index (χ1n) is 38.3. The lowest BCUT2D eigenvalue weighted by Gasteiger charge is -2.21. The number of unbranched alkanes of at least 4 members (excludes halogenated alkanes) is 48. The molecule has 0 aromatic heterocycles. The minimum Gasteiger partial charge on any atom is -0.462 e. The molecule has 0 saturated carbocycles. The Morgan fingerprint density at radius 3 is 0.641 bits per heavy atom. The molecule has 0 saturated heterocycles. The monoisotopic (exact) mass is 1350 g/mol. The average molecular weight is 1350 g/mol. The Kier molecular flexibility index (Phi) is 66.2. The van der Waals surface area contributed by atoms with Gasteiger partial charge in [-0.25, -0.2) is 9.13 Å². The van der Waals surface area contributed by atoms with Gasteiger partial charge in [-0.05, 0) is 25.7 Å². The number of aliphatic hydroxyl groups is 1. The molecule has 5 unspecified atom stereocenters. The van der Waals surface area contributed by atoms with Gasteiger partial charge in [0.25, 0.3) is 0 Å². The van der Waals surface area contributed by atoms with Gasteiger partial charge in [0.1, 0.15) is 19.3 Å². The molecular weight excluding hydrogens is 1210 g/mol. The van der Waals surface area contributed by atoms with Crippen LogP contribution < -0.4 is 0 Å². The van der Waals surface area contributed by atoms with Crippen molar-refractivity contribution >= 4 is 39.5 Å². The van der Waals surface area contributed by atoms with Crippen LogP contribution in [0.15, 0.2) is 0 Å². The maximum atomic E-state index is 13.1. The number of hydrogen-bond acceptors (Lipinski definition) is 15. The Balaban J connectivity index is 5.24. The van der Waals surface area contributed by atoms with Gasteiger partial charge in [-0.2, -0.15) is 0 Å². The lowest BCUT2D eigenvalue weighted by atomic mass is 10.0. The number of phosphoric acid groups is 2. The van der Waals surface area contributed by atoms with E-state index in [-0.39, 0.29) is 25.7 Å². The number of hydrogen-bond donors (Lipinski definition) is 3. The summed E-state index contributed by atoms with van der Waals surface area (Å²) < 4.78 is 68.4. The van der Waals surface area contributed by atoms with Crippen LogP contribution in [0.4, 0.5) is 0 Å². The second-order valence-electron chi connectivity index (χ2n) is 26.3. The summed E-state index contributed by atoms with van der Waals surface area (Å²) in [5, 5.41) is 10.6. The summed E-state index contributed by atoms with van der Waals surface area (Å²) in [5.74, 6) is -2.11. The molecule has 0 radical (unpaired) electrons. The Hall–Kier alpha value is -1.94. The van der Waals surface area contributed by atoms with Crippen LogP contribution in [0, 0.1) is 0 Å². The van der Waals surface area contributed by atoms with Crippen molar-refractivity contribution < 1.29 is 80.2 Å². The van der Waals surface area contributed by atoms with Gasteiger partial charge in [-0.1, -0.05) is 336 Å². The first-order valence-corrected chi connectivity index (χ1v) is 41.3. The van der Waals surface area contributed by atoms with Crippen molar-refractivity contribution in [2.24, 2.45) is 0 Å². The van der Waals surface area contributed by atoms with Gasteiger partial charge in [0.05, 0.1) is 26.4 Å². The third-order valence-electron chi connectivity index (χ3n) is 17.1. The van der Waals surface area contributed by atoms with Crippen LogP contribution in [-0.2, 0) is 65.4 Å². The molecule has 19 heteroatoms. The molecule has 0 aromatic rings. The van der Waals surface area contributed by atoms with E-state index in [9.17, 15) is 43.2 Å². The SMILES string of the molecule is CCCCCCCCCCCCCCCCCC(=O)OCC(COP(=O)(O)OCC(O)COP(=O)(O)OCC(COC(=O)CCCCCCCCCCCCC)OC(=O)CCCCCCCCCCCCC)OC(=O)CCCCCCCCCCCCCCCCC. The van der Waals surface area contributed by atoms with Crippen molar-refractivity contribution in [2.75, 3.05) is 39.6 Å². The molecule has 0 rings (SSSR count). The summed E-state index contributed by atoms with van der Waals surface area (Å²) in [4.78, 5) is 72.7. The summed E-state index contributed by atoms with van der Waals surface area (Å²) in [7, 11) is -9.90. The number of esters is 4. The molecule has 0 amide bonds. The highest BCUT2D eigenvalue weighted by Gasteiger charge is 2.30. The fourth-order valence-electron chi connectivity index (χ4n) is 11.2. The van der Waals surface area contributed by atoms with E-state index in [0.717, 1.165) is 89.9 Å². The van der Waals surface area contributed by atoms with E-state index in [2.05, 4.69) is 27.7 Å². The number of phosphoric ester groups is 2. The summed E-state index contributed by atoms with van der Waals surface area (Å²) in [6, 6.07) is 0. The number of aliphatic hydroxyl groups excluding tert-OH is 1. The van der Waals surface area contributed by atoms with Gasteiger partial charge in [-0.15, -0.1) is 0 Å². The molecule has 0 aromatic carbocycles. The Labute approximate surface area is 562 Å². The predicted molar refractivity (Wildman–Crippen MR) is 372 cm³/mol. The fraction of sp³-hybridized carbons (Fsp3) is 0.945. The van der Waals surface area contributed by atoms with Crippen molar-refractivity contribution in [3.8, 4) is 0 Å². The van der Waals surface area contributed by atoms with E-state index in [1.807, 2.05) is 0 Å². The molecule has 0 heterocycles. The number of carbonyl (C=O) groups is 4. The second-order valence-corrected chi connectivity index (χ2v) is 29.2. The lowest BCUT2D eigenvalue weighted by Crippen LogP contribution is -2.30. The zero-order valence-electron chi connectivity index (χ0n) is 59.5. The standard InChI is InChI=1S/C73H142O17P2/c1-5-9-13-17-21-25-29-31-33-35-39-42-46-50-54-58-71(76)84-64-69(90-73(78)60-56-52-48-44-40-36-34-32-30-26-22-18-14-10-6-2)66-88-92(81,82)86-62-67(74)61-85-91(79,80)87-65-68(89-72(77)59-55-51-47-43-38-28-24-20-16-12-8-4)63-83-70(75)57-53-49-45-41-37-27-23-19-15-11-7-3/h67-69,74H,5-66H2,1-4H3,(H,79,80)(H,81,82). The predicted octanol–water partition coefficient (Wildman–Crippen LogP) is 21.4. The number of rotatable bonds is 74. The first kappa shape index (κ1) is 90.1. The van der Waals surface area contributed by atoms with Crippen molar-refractivity contribution in [3.05, 3.63) is 0 Å². The van der Waals surface area contributed by atoms with Gasteiger partial charge in [0.2, 0.25) is 0 Å². The summed E-state index contributed by atoms with van der Waals surface area (Å²) in [6.07, 6.45) is 56.6. The molecule has 0 bridgehead atoms. The Morgan fingerprint density at radius 2 is 0.435 bits per heavy atom. The highest BCUT2D eigenvalue weighted by molar-refractivity contribution is 7.47. The minimum atomic E-state index is -4.95. The van der Waals surface area contributed by atoms with Crippen LogP contribution in [-0.4, -0.2) is 96.7 Å². The van der Waals surface area contributed by atoms with Crippen molar-refractivity contribution in [2.45, 2.75) is 406 Å². The molecule has 5 atom stereocenters. The van der Waals surface area contributed by atoms with Gasteiger partial charge in [-0.3, -0.25) is 37.3 Å². The van der Waals surface area contributed by atoms with Crippen molar-refractivity contribution in [3.63, 3.8) is 0 Å². The van der Waals surface area contributed by atoms with E-state index in [1.165, 1.54) is 218 Å². The van der Waals surface area contributed by atoms with Crippen LogP contribution in [0.1, 0.15) is 387 Å². The summed E-state index contributed by atoms with van der Waals surface area (Å²) >= 11 is 0. The van der Waals surface area contributed by atoms with E-state index in [0.29, 0.717) is 25.7 Å². The Morgan fingerprint density at radius 1 is 0.261 bits per heavy atom. The molecule has 0 aliphatic heterocycles. The topological polar surface area (TPSA) is 237 Å². The van der Waals surface area contributed by atoms with Gasteiger partial charge >= 0.3 is 39.5 Å². The molecule has 0 aliphatic rings. The molecule has 546 valence electrons. The number of carbonyl (C=O) groups excluding carboxylic acids is 4. The largest absolute Gasteiger partial charge is 0.472 e. The Bertz CT molecular complexity index is 1760. The van der Waals surface area contributed by atoms with Gasteiger partial charge < -0.3 is 33.8 Å². The highest BCUT2D eigenvalue weighted by Crippen LogP contribution is 2.45. The molecule has 0 aliphatic carbocycles. The first-order chi connectivity index (χ1) is 44.7. The molecule has 17 nitrogen and oxygen atoms in total. The van der Waals surface area contributed by atoms with E-state index < -0.39 is 97.5 Å². The minimum absolute atomic E-state index is 0.108. The molecular formula is C73H142O17P2. The summed E-state index contributed by atoms with van der Waals surface area (Å²) in [6.45, 7) is 4.97. The second kappa shape index (κ2) is 67.6. The van der Waals surface area contributed by atoms with Crippen LogP contribution in [0.2, 0.25) is 0 Å². The van der Waals surface area contributed by atoms with E-state index >= 15 is 0 Å². The molecule has 0 fully saturated rings. The van der Waals surface area contributed by atoms with Crippen LogP contribution in [0.25, 0.3) is 0 Å². The molecule has 92 heavy (non-hydrogen) atoms. The summed E-state index contributed by atoms with van der Waals surface area (Å²) in [5.41, 5.74) is 0. The van der Waals surface area contributed by atoms with Crippen LogP contribution in [0.3, 0.4) is 0 Å². The number of ether oxygens (including phenoxy) is 4. The van der Waals surface area contributed by atoms with Gasteiger partial charge in [0.15, 0.2) is 12.2 Å². The van der Waals surface area contributed by atoms with Crippen molar-refractivity contribution in [1.82, 2.24) is 0 Å². The van der Waals surface area contributed by atoms with E-state index in [1.54, 1.807) is 0 Å². The molecule has 0 spiro atoms. The van der Waals surface area contributed by atoms with Crippen molar-refractivity contribution in [1.29, 1.82) is 0 Å². The maximum absolute atomic E-state index is 13.1. The highest BCUT2D eigenvalue weighted by atomic mass is 31.2. The zero-order valence-corrected chi connectivity index (χ0v) is 61.3. The van der Waals surface area contributed by atoms with Crippen LogP contribution >= 0.6 is 15.6 Å². The normalized spacial score (nSPS) is 13.9. The van der Waals surface area contributed by atoms with Crippen LogP contribution in [0.5, 0.6) is 0 Å². The fourth-order valence-corrected chi connectivity index (χ4v) is 12.8. The third-order valence-corrected chi connectivity index (χ3v) is 19.0. The van der Waals surface area contributed by atoms with E-state index in [4.69, 9.17) is 37.0 Å². The smallest absolute Gasteiger partial charge is 0.462 e. The quantitative estimate of drug-likeness (QED) is 0.0222. The van der Waals surface area contributed by atoms with Gasteiger partial charge in [0, 0.05) is 25.7 Å². The average Bonchev–Trinajstić information content (AvgIpc) is 2.93. The zero-order chi connectivity index (χ0) is 67.5. The lowest BCUT2D eigenvalue weighted by molar-refractivity contribution is -0.161.